The number of nitriles is 1. The van der Waals surface area contributed by atoms with Gasteiger partial charge in [-0.2, -0.15) is 5.26 Å². The molecule has 1 rings (SSSR count). The summed E-state index contributed by atoms with van der Waals surface area (Å²) in [5.74, 6) is -0.600. The van der Waals surface area contributed by atoms with Crippen LogP contribution in [0.1, 0.15) is 6.92 Å². The normalized spacial score (nSPS) is 16.9. The highest BCUT2D eigenvalue weighted by Gasteiger charge is 2.14. The summed E-state index contributed by atoms with van der Waals surface area (Å²) >= 11 is 0. The zero-order valence-electron chi connectivity index (χ0n) is 7.78. The van der Waals surface area contributed by atoms with Crippen molar-refractivity contribution in [3.63, 3.8) is 0 Å². The minimum Gasteiger partial charge on any atom is -0.462 e. The van der Waals surface area contributed by atoms with Crippen molar-refractivity contribution in [2.75, 3.05) is 6.61 Å². The van der Waals surface area contributed by atoms with E-state index in [2.05, 4.69) is 5.32 Å². The molecular weight excluding hydrogens is 180 g/mol. The summed E-state index contributed by atoms with van der Waals surface area (Å²) in [6.45, 7) is 1.96. The molecule has 0 aliphatic carbocycles. The van der Waals surface area contributed by atoms with Crippen LogP contribution in [0.2, 0.25) is 0 Å². The Balaban J connectivity index is 2.91. The molecule has 72 valence electrons. The third-order valence-electron chi connectivity index (χ3n) is 1.57. The maximum absolute atomic E-state index is 11.3. The van der Waals surface area contributed by atoms with Crippen molar-refractivity contribution >= 4 is 5.97 Å². The molecule has 0 saturated carbocycles. The van der Waals surface area contributed by atoms with Crippen molar-refractivity contribution in [2.24, 2.45) is 0 Å². The highest BCUT2D eigenvalue weighted by atomic mass is 16.5. The Labute approximate surface area is 82.2 Å². The van der Waals surface area contributed by atoms with Crippen molar-refractivity contribution < 1.29 is 9.53 Å². The SMILES string of the molecule is CCOC(=O)C(C#N)=C1C=CC=CN1. The van der Waals surface area contributed by atoms with E-state index >= 15 is 0 Å². The topological polar surface area (TPSA) is 62.1 Å². The van der Waals surface area contributed by atoms with E-state index in [4.69, 9.17) is 10.00 Å². The molecule has 1 aliphatic rings. The summed E-state index contributed by atoms with van der Waals surface area (Å²) in [5, 5.41) is 11.6. The fourth-order valence-electron chi connectivity index (χ4n) is 0.968. The number of nitrogens with zero attached hydrogens (tertiary/aromatic N) is 1. The second-order valence-corrected chi connectivity index (χ2v) is 2.48. The van der Waals surface area contributed by atoms with Crippen LogP contribution in [-0.4, -0.2) is 12.6 Å². The second kappa shape index (κ2) is 4.87. The highest BCUT2D eigenvalue weighted by molar-refractivity contribution is 5.94. The van der Waals surface area contributed by atoms with Crippen LogP contribution in [0.3, 0.4) is 0 Å². The van der Waals surface area contributed by atoms with Crippen molar-refractivity contribution in [1.29, 1.82) is 5.26 Å². The molecule has 0 fully saturated rings. The summed E-state index contributed by atoms with van der Waals surface area (Å²) in [5.41, 5.74) is 0.459. The minimum absolute atomic E-state index is 0.00699. The Bertz CT molecular complexity index is 359. The molecule has 4 nitrogen and oxygen atoms in total. The maximum Gasteiger partial charge on any atom is 0.351 e. The average molecular weight is 190 g/mol. The molecular formula is C10H10N2O2. The van der Waals surface area contributed by atoms with Crippen LogP contribution < -0.4 is 5.32 Å². The fourth-order valence-corrected chi connectivity index (χ4v) is 0.968. The molecule has 0 saturated heterocycles. The van der Waals surface area contributed by atoms with Gasteiger partial charge in [-0.3, -0.25) is 0 Å². The first-order valence-electron chi connectivity index (χ1n) is 4.20. The first kappa shape index (κ1) is 10.1. The van der Waals surface area contributed by atoms with Crippen molar-refractivity contribution in [3.05, 3.63) is 35.7 Å². The summed E-state index contributed by atoms with van der Waals surface area (Å²) in [7, 11) is 0. The lowest BCUT2D eigenvalue weighted by molar-refractivity contribution is -0.138. The minimum atomic E-state index is -0.600. The number of nitrogens with one attached hydrogen (secondary N) is 1. The third-order valence-corrected chi connectivity index (χ3v) is 1.57. The summed E-state index contributed by atoms with van der Waals surface area (Å²) < 4.78 is 4.73. The smallest absolute Gasteiger partial charge is 0.351 e. The molecule has 0 bridgehead atoms. The Hall–Kier alpha value is -2.02. The molecule has 0 radical (unpaired) electrons. The van der Waals surface area contributed by atoms with Crippen LogP contribution in [0, 0.1) is 11.3 Å². The standard InChI is InChI=1S/C10H10N2O2/c1-2-14-10(13)8(7-11)9-5-3-4-6-12-9/h3-6,12H,2H2,1H3. The molecule has 0 aromatic carbocycles. The van der Waals surface area contributed by atoms with Crippen molar-refractivity contribution in [3.8, 4) is 6.07 Å². The zero-order valence-corrected chi connectivity index (χ0v) is 7.78. The lowest BCUT2D eigenvalue weighted by Gasteiger charge is -2.07. The van der Waals surface area contributed by atoms with Crippen LogP contribution in [0.5, 0.6) is 0 Å². The van der Waals surface area contributed by atoms with E-state index in [9.17, 15) is 4.79 Å². The highest BCUT2D eigenvalue weighted by Crippen LogP contribution is 2.07. The van der Waals surface area contributed by atoms with Crippen LogP contribution in [0.25, 0.3) is 0 Å². The van der Waals surface area contributed by atoms with Gasteiger partial charge in [0.25, 0.3) is 0 Å². The molecule has 0 aromatic heterocycles. The van der Waals surface area contributed by atoms with Crippen LogP contribution in [-0.2, 0) is 9.53 Å². The van der Waals surface area contributed by atoms with Gasteiger partial charge in [0.15, 0.2) is 5.57 Å². The number of hydrogen-bond acceptors (Lipinski definition) is 4. The Morgan fingerprint density at radius 1 is 1.64 bits per heavy atom. The quantitative estimate of drug-likeness (QED) is 0.401. The van der Waals surface area contributed by atoms with E-state index in [1.165, 1.54) is 0 Å². The predicted octanol–water partition coefficient (Wildman–Crippen LogP) is 1.00. The van der Waals surface area contributed by atoms with Crippen molar-refractivity contribution in [2.45, 2.75) is 6.92 Å². The molecule has 0 atom stereocenters. The molecule has 4 heteroatoms. The number of rotatable bonds is 2. The number of hydrogen-bond donors (Lipinski definition) is 1. The van der Waals surface area contributed by atoms with Gasteiger partial charge in [-0.15, -0.1) is 0 Å². The van der Waals surface area contributed by atoms with E-state index in [0.717, 1.165) is 0 Å². The first-order valence-corrected chi connectivity index (χ1v) is 4.20. The molecule has 0 aromatic rings. The third kappa shape index (κ3) is 2.23. The van der Waals surface area contributed by atoms with Gasteiger partial charge in [-0.05, 0) is 19.1 Å². The number of allylic oxidation sites excluding steroid dienone is 3. The zero-order chi connectivity index (χ0) is 10.4. The van der Waals surface area contributed by atoms with E-state index in [1.54, 1.807) is 31.4 Å². The van der Waals surface area contributed by atoms with Crippen LogP contribution in [0.4, 0.5) is 0 Å². The Morgan fingerprint density at radius 3 is 2.93 bits per heavy atom. The molecule has 1 heterocycles. The lowest BCUT2D eigenvalue weighted by atomic mass is 10.2. The number of carbonyl (C=O) groups excluding carboxylic acids is 1. The predicted molar refractivity (Wildman–Crippen MR) is 50.7 cm³/mol. The molecule has 1 aliphatic heterocycles. The van der Waals surface area contributed by atoms with Gasteiger partial charge in [0.1, 0.15) is 6.07 Å². The van der Waals surface area contributed by atoms with Gasteiger partial charge >= 0.3 is 5.97 Å². The maximum atomic E-state index is 11.3. The van der Waals surface area contributed by atoms with Gasteiger partial charge in [-0.1, -0.05) is 6.08 Å². The Morgan fingerprint density at radius 2 is 2.43 bits per heavy atom. The van der Waals surface area contributed by atoms with Crippen LogP contribution >= 0.6 is 0 Å². The van der Waals surface area contributed by atoms with Gasteiger partial charge in [0, 0.05) is 6.20 Å². The van der Waals surface area contributed by atoms with E-state index < -0.39 is 5.97 Å². The van der Waals surface area contributed by atoms with Gasteiger partial charge in [-0.25, -0.2) is 4.79 Å². The van der Waals surface area contributed by atoms with Gasteiger partial charge in [0.05, 0.1) is 12.3 Å². The molecule has 1 N–H and O–H groups in total. The average Bonchev–Trinajstić information content (AvgIpc) is 2.21. The number of carbonyl (C=O) groups is 1. The molecule has 0 amide bonds. The van der Waals surface area contributed by atoms with E-state index in [-0.39, 0.29) is 12.2 Å². The first-order chi connectivity index (χ1) is 6.79. The Kier molecular flexibility index (Phi) is 3.50. The largest absolute Gasteiger partial charge is 0.462 e. The summed E-state index contributed by atoms with van der Waals surface area (Å²) in [6.07, 6.45) is 6.80. The summed E-state index contributed by atoms with van der Waals surface area (Å²) in [4.78, 5) is 11.3. The van der Waals surface area contributed by atoms with Crippen molar-refractivity contribution in [1.82, 2.24) is 5.32 Å². The van der Waals surface area contributed by atoms with Gasteiger partial charge in [0.2, 0.25) is 0 Å². The number of esters is 1. The number of dihydropyridines is 1. The molecule has 0 spiro atoms. The van der Waals surface area contributed by atoms with E-state index in [0.29, 0.717) is 5.70 Å². The van der Waals surface area contributed by atoms with Gasteiger partial charge < -0.3 is 10.1 Å². The summed E-state index contributed by atoms with van der Waals surface area (Å²) in [6, 6.07) is 1.81. The monoisotopic (exact) mass is 190 g/mol. The van der Waals surface area contributed by atoms with Crippen LogP contribution in [0.15, 0.2) is 35.7 Å². The molecule has 0 unspecified atom stereocenters. The lowest BCUT2D eigenvalue weighted by Crippen LogP contribution is -2.15. The van der Waals surface area contributed by atoms with E-state index in [1.807, 2.05) is 6.07 Å². The second-order valence-electron chi connectivity index (χ2n) is 2.48. The molecule has 14 heavy (non-hydrogen) atoms. The number of ether oxygens (including phenoxy) is 1. The fraction of sp³-hybridized carbons (Fsp3) is 0.200.